The fourth-order valence-corrected chi connectivity index (χ4v) is 2.71. The number of phenolic OH excluding ortho intramolecular Hbond substituents is 1. The number of anilines is 1. The second kappa shape index (κ2) is 4.64. The molecule has 0 unspecified atom stereocenters. The van der Waals surface area contributed by atoms with Crippen LogP contribution < -0.4 is 5.32 Å². The van der Waals surface area contributed by atoms with Crippen LogP contribution in [0.5, 0.6) is 5.75 Å². The molecule has 0 saturated carbocycles. The summed E-state index contributed by atoms with van der Waals surface area (Å²) in [7, 11) is 0. The van der Waals surface area contributed by atoms with Crippen LogP contribution in [0.2, 0.25) is 0 Å². The lowest BCUT2D eigenvalue weighted by molar-refractivity contribution is -0.145. The van der Waals surface area contributed by atoms with Gasteiger partial charge < -0.3 is 20.3 Å². The van der Waals surface area contributed by atoms with Crippen molar-refractivity contribution < 1.29 is 24.5 Å². The molecule has 3 rings (SSSR count). The fraction of sp³-hybridized carbons (Fsp3) is 0.286. The third kappa shape index (κ3) is 1.94. The Morgan fingerprint density at radius 1 is 1.10 bits per heavy atom. The van der Waals surface area contributed by atoms with E-state index in [4.69, 9.17) is 4.74 Å². The van der Waals surface area contributed by atoms with Gasteiger partial charge in [0.1, 0.15) is 11.7 Å². The van der Waals surface area contributed by atoms with Gasteiger partial charge in [0.2, 0.25) is 5.91 Å². The number of ether oxygens (including phenoxy) is 1. The monoisotopic (exact) mass is 275 g/mol. The number of hydrogen-bond donors (Lipinski definition) is 3. The Bertz CT molecular complexity index is 597. The van der Waals surface area contributed by atoms with Crippen LogP contribution in [0.25, 0.3) is 0 Å². The lowest BCUT2D eigenvalue weighted by Gasteiger charge is -2.21. The summed E-state index contributed by atoms with van der Waals surface area (Å²) >= 11 is 0. The lowest BCUT2D eigenvalue weighted by atomic mass is 9.82. The Balaban J connectivity index is 1.82. The maximum atomic E-state index is 12.3. The normalized spacial score (nSPS) is 30.4. The van der Waals surface area contributed by atoms with Crippen LogP contribution in [-0.4, -0.2) is 34.3 Å². The topological polar surface area (TPSA) is 95.9 Å². The van der Waals surface area contributed by atoms with E-state index in [0.29, 0.717) is 0 Å². The smallest absolute Gasteiger partial charge is 0.310 e. The van der Waals surface area contributed by atoms with Gasteiger partial charge in [-0.1, -0.05) is 24.3 Å². The first-order chi connectivity index (χ1) is 9.58. The van der Waals surface area contributed by atoms with Crippen LogP contribution in [0.15, 0.2) is 36.4 Å². The molecule has 1 saturated heterocycles. The molecular weight excluding hydrogens is 262 g/mol. The predicted octanol–water partition coefficient (Wildman–Crippen LogP) is 0.985. The number of aromatic hydroxyl groups is 1. The molecule has 0 aromatic heterocycles. The molecule has 1 amide bonds. The van der Waals surface area contributed by atoms with E-state index in [0.717, 1.165) is 0 Å². The minimum atomic E-state index is -1.06. The maximum absolute atomic E-state index is 12.3. The highest BCUT2D eigenvalue weighted by atomic mass is 16.5. The summed E-state index contributed by atoms with van der Waals surface area (Å²) in [6.07, 6.45) is 2.30. The number of amides is 1. The van der Waals surface area contributed by atoms with E-state index in [1.807, 2.05) is 0 Å². The van der Waals surface area contributed by atoms with Crippen LogP contribution >= 0.6 is 0 Å². The zero-order valence-corrected chi connectivity index (χ0v) is 10.4. The van der Waals surface area contributed by atoms with Crippen molar-refractivity contribution in [1.29, 1.82) is 0 Å². The number of phenols is 1. The molecule has 2 heterocycles. The van der Waals surface area contributed by atoms with E-state index in [2.05, 4.69) is 5.32 Å². The molecule has 1 aromatic carbocycles. The van der Waals surface area contributed by atoms with Crippen molar-refractivity contribution in [3.8, 4) is 5.75 Å². The summed E-state index contributed by atoms with van der Waals surface area (Å²) in [4.78, 5) is 23.6. The van der Waals surface area contributed by atoms with E-state index in [9.17, 15) is 19.8 Å². The number of carbonyl (C=O) groups is 2. The Kier molecular flexibility index (Phi) is 2.94. The van der Waals surface area contributed by atoms with Crippen LogP contribution in [0, 0.1) is 11.8 Å². The van der Waals surface area contributed by atoms with Crippen molar-refractivity contribution in [3.05, 3.63) is 36.4 Å². The van der Waals surface area contributed by atoms with Gasteiger partial charge in [-0.25, -0.2) is 0 Å². The number of carboxylic acid groups (broad SMARTS) is 1. The van der Waals surface area contributed by atoms with Crippen molar-refractivity contribution in [1.82, 2.24) is 0 Å². The summed E-state index contributed by atoms with van der Waals surface area (Å²) in [6.45, 7) is 0. The Morgan fingerprint density at radius 3 is 2.40 bits per heavy atom. The minimum absolute atomic E-state index is 0.0626. The van der Waals surface area contributed by atoms with Gasteiger partial charge in [0.25, 0.3) is 0 Å². The van der Waals surface area contributed by atoms with Gasteiger partial charge in [-0.05, 0) is 12.1 Å². The highest BCUT2D eigenvalue weighted by Gasteiger charge is 2.53. The number of para-hydroxylation sites is 2. The third-order valence-electron chi connectivity index (χ3n) is 3.65. The lowest BCUT2D eigenvalue weighted by Crippen LogP contribution is -2.39. The summed E-state index contributed by atoms with van der Waals surface area (Å²) in [5.74, 6) is -3.26. The molecule has 1 aromatic rings. The molecule has 2 aliphatic heterocycles. The first-order valence-corrected chi connectivity index (χ1v) is 6.23. The SMILES string of the molecule is O=C(O)[C@@H]1[C@H](C(=O)Nc2ccccc2O)[C@H]2C=C[C@@H]1O2. The second-order valence-electron chi connectivity index (χ2n) is 4.85. The van der Waals surface area contributed by atoms with Crippen LogP contribution in [0.3, 0.4) is 0 Å². The van der Waals surface area contributed by atoms with Crippen molar-refractivity contribution in [3.63, 3.8) is 0 Å². The molecule has 104 valence electrons. The molecule has 0 spiro atoms. The third-order valence-corrected chi connectivity index (χ3v) is 3.65. The number of benzene rings is 1. The summed E-state index contributed by atoms with van der Waals surface area (Å²) in [5.41, 5.74) is 0.258. The zero-order chi connectivity index (χ0) is 14.3. The Hall–Kier alpha value is -2.34. The second-order valence-corrected chi connectivity index (χ2v) is 4.85. The number of carboxylic acids is 1. The molecule has 0 radical (unpaired) electrons. The van der Waals surface area contributed by atoms with Crippen molar-refractivity contribution in [2.75, 3.05) is 5.32 Å². The molecule has 4 atom stereocenters. The first-order valence-electron chi connectivity index (χ1n) is 6.23. The minimum Gasteiger partial charge on any atom is -0.506 e. The number of rotatable bonds is 3. The first kappa shape index (κ1) is 12.7. The van der Waals surface area contributed by atoms with Crippen LogP contribution in [-0.2, 0) is 14.3 Å². The molecule has 6 heteroatoms. The largest absolute Gasteiger partial charge is 0.506 e. The van der Waals surface area contributed by atoms with Crippen molar-refractivity contribution in [2.24, 2.45) is 11.8 Å². The number of nitrogens with one attached hydrogen (secondary N) is 1. The summed E-state index contributed by atoms with van der Waals surface area (Å²) in [5, 5.41) is 21.4. The van der Waals surface area contributed by atoms with Crippen LogP contribution in [0.4, 0.5) is 5.69 Å². The van der Waals surface area contributed by atoms with Crippen LogP contribution in [0.1, 0.15) is 0 Å². The molecule has 0 aliphatic carbocycles. The quantitative estimate of drug-likeness (QED) is 0.564. The highest BCUT2D eigenvalue weighted by molar-refractivity contribution is 5.97. The molecule has 2 aliphatic rings. The van der Waals surface area contributed by atoms with E-state index >= 15 is 0 Å². The zero-order valence-electron chi connectivity index (χ0n) is 10.4. The van der Waals surface area contributed by atoms with Gasteiger partial charge in [0.15, 0.2) is 0 Å². The molecule has 1 fully saturated rings. The predicted molar refractivity (Wildman–Crippen MR) is 69.2 cm³/mol. The summed E-state index contributed by atoms with van der Waals surface area (Å²) < 4.78 is 5.43. The number of fused-ring (bicyclic) bond motifs is 2. The van der Waals surface area contributed by atoms with E-state index in [1.54, 1.807) is 30.4 Å². The van der Waals surface area contributed by atoms with Gasteiger partial charge >= 0.3 is 5.97 Å². The van der Waals surface area contributed by atoms with Gasteiger partial charge in [0.05, 0.1) is 23.8 Å². The van der Waals surface area contributed by atoms with Crippen molar-refractivity contribution in [2.45, 2.75) is 12.2 Å². The Morgan fingerprint density at radius 2 is 1.75 bits per heavy atom. The van der Waals surface area contributed by atoms with Gasteiger partial charge in [-0.3, -0.25) is 9.59 Å². The molecule has 20 heavy (non-hydrogen) atoms. The van der Waals surface area contributed by atoms with E-state index in [-0.39, 0.29) is 11.4 Å². The molecule has 3 N–H and O–H groups in total. The standard InChI is InChI=1S/C14H13NO5/c16-8-4-2-1-3-7(8)15-13(17)11-9-5-6-10(20-9)12(11)14(18)19/h1-6,9-12,16H,(H,15,17)(H,18,19)/t9-,10+,11-,12+/m1/s1. The fourth-order valence-electron chi connectivity index (χ4n) is 2.71. The van der Waals surface area contributed by atoms with Gasteiger partial charge in [-0.2, -0.15) is 0 Å². The average molecular weight is 275 g/mol. The van der Waals surface area contributed by atoms with E-state index in [1.165, 1.54) is 6.07 Å². The molecule has 6 nitrogen and oxygen atoms in total. The van der Waals surface area contributed by atoms with Crippen molar-refractivity contribution >= 4 is 17.6 Å². The van der Waals surface area contributed by atoms with E-state index < -0.39 is 35.9 Å². The number of aliphatic carboxylic acids is 1. The van der Waals surface area contributed by atoms with Gasteiger partial charge in [-0.15, -0.1) is 0 Å². The Labute approximate surface area is 114 Å². The molecule has 2 bridgehead atoms. The molecular formula is C14H13NO5. The average Bonchev–Trinajstić information content (AvgIpc) is 3.01. The highest BCUT2D eigenvalue weighted by Crippen LogP contribution is 2.40. The van der Waals surface area contributed by atoms with Gasteiger partial charge in [0, 0.05) is 0 Å². The summed E-state index contributed by atoms with van der Waals surface area (Å²) in [6, 6.07) is 6.30. The number of hydrogen-bond acceptors (Lipinski definition) is 4. The maximum Gasteiger partial charge on any atom is 0.310 e. The number of carbonyl (C=O) groups excluding carboxylic acids is 1.